The Morgan fingerprint density at radius 2 is 1.65 bits per heavy atom. The molecule has 0 saturated heterocycles. The summed E-state index contributed by atoms with van der Waals surface area (Å²) in [5.41, 5.74) is 4.79. The van der Waals surface area contributed by atoms with E-state index in [0.29, 0.717) is 11.4 Å². The van der Waals surface area contributed by atoms with Crippen LogP contribution in [0.1, 0.15) is 21.6 Å². The number of aromatic carboxylic acids is 1. The van der Waals surface area contributed by atoms with E-state index in [1.807, 2.05) is 50.2 Å². The molecule has 1 N–H and O–H groups in total. The molecule has 3 aromatic rings. The van der Waals surface area contributed by atoms with Crippen LogP contribution in [-0.4, -0.2) is 21.0 Å². The lowest BCUT2D eigenvalue weighted by Gasteiger charge is -2.07. The second-order valence-electron chi connectivity index (χ2n) is 5.47. The number of aryl methyl sites for hydroxylation is 2. The van der Waals surface area contributed by atoms with Gasteiger partial charge in [0.05, 0.1) is 11.3 Å². The maximum Gasteiger partial charge on any atom is 0.335 e. The van der Waals surface area contributed by atoms with Gasteiger partial charge in [-0.05, 0) is 32.0 Å². The Labute approximate surface area is 134 Å². The van der Waals surface area contributed by atoms with Crippen molar-refractivity contribution in [3.63, 3.8) is 0 Å². The highest BCUT2D eigenvalue weighted by molar-refractivity contribution is 5.89. The van der Waals surface area contributed by atoms with Crippen molar-refractivity contribution < 1.29 is 9.90 Å². The highest BCUT2D eigenvalue weighted by Gasteiger charge is 2.09. The second-order valence-corrected chi connectivity index (χ2v) is 5.47. The minimum atomic E-state index is -0.960. The predicted octanol–water partition coefficient (Wildman–Crippen LogP) is 4.13. The lowest BCUT2D eigenvalue weighted by molar-refractivity contribution is 0.0697. The summed E-state index contributed by atoms with van der Waals surface area (Å²) in [5.74, 6) is -0.429. The fraction of sp³-hybridized carbons (Fsp3) is 0.105. The van der Waals surface area contributed by atoms with Gasteiger partial charge >= 0.3 is 5.97 Å². The Morgan fingerprint density at radius 1 is 0.913 bits per heavy atom. The molecule has 0 spiro atoms. The van der Waals surface area contributed by atoms with Crippen molar-refractivity contribution in [3.8, 4) is 22.6 Å². The van der Waals surface area contributed by atoms with E-state index in [1.165, 1.54) is 5.56 Å². The largest absolute Gasteiger partial charge is 0.478 e. The Bertz CT molecular complexity index is 871. The maximum atomic E-state index is 11.1. The van der Waals surface area contributed by atoms with Gasteiger partial charge in [0.25, 0.3) is 0 Å². The van der Waals surface area contributed by atoms with Gasteiger partial charge in [0.1, 0.15) is 0 Å². The molecule has 23 heavy (non-hydrogen) atoms. The van der Waals surface area contributed by atoms with Crippen molar-refractivity contribution in [3.05, 3.63) is 71.4 Å². The summed E-state index contributed by atoms with van der Waals surface area (Å²) in [4.78, 5) is 20.2. The third-order valence-corrected chi connectivity index (χ3v) is 3.57. The predicted molar refractivity (Wildman–Crippen MR) is 89.3 cm³/mol. The fourth-order valence-corrected chi connectivity index (χ4v) is 2.36. The second kappa shape index (κ2) is 6.01. The smallest absolute Gasteiger partial charge is 0.335 e. The molecule has 0 aliphatic rings. The van der Waals surface area contributed by atoms with Crippen molar-refractivity contribution in [1.82, 2.24) is 9.97 Å². The fourth-order valence-electron chi connectivity index (χ4n) is 2.36. The molecule has 0 unspecified atom stereocenters. The van der Waals surface area contributed by atoms with Crippen LogP contribution in [0.15, 0.2) is 54.6 Å². The summed E-state index contributed by atoms with van der Waals surface area (Å²) in [7, 11) is 0. The van der Waals surface area contributed by atoms with E-state index in [0.717, 1.165) is 17.0 Å². The van der Waals surface area contributed by atoms with E-state index in [1.54, 1.807) is 18.2 Å². The number of carboxylic acid groups (broad SMARTS) is 1. The minimum absolute atomic E-state index is 0.226. The molecular formula is C19H16N2O2. The number of benzene rings is 2. The van der Waals surface area contributed by atoms with Gasteiger partial charge in [0.15, 0.2) is 5.82 Å². The van der Waals surface area contributed by atoms with E-state index >= 15 is 0 Å². The molecule has 0 saturated carbocycles. The average Bonchev–Trinajstić information content (AvgIpc) is 2.55. The first kappa shape index (κ1) is 14.9. The van der Waals surface area contributed by atoms with Gasteiger partial charge in [-0.1, -0.05) is 42.0 Å². The van der Waals surface area contributed by atoms with Crippen LogP contribution in [-0.2, 0) is 0 Å². The zero-order chi connectivity index (χ0) is 16.4. The van der Waals surface area contributed by atoms with E-state index < -0.39 is 5.97 Å². The maximum absolute atomic E-state index is 11.1. The number of aromatic nitrogens is 2. The number of hydrogen-bond donors (Lipinski definition) is 1. The summed E-state index contributed by atoms with van der Waals surface area (Å²) in [6, 6.07) is 16.7. The Kier molecular flexibility index (Phi) is 3.89. The zero-order valence-electron chi connectivity index (χ0n) is 12.9. The van der Waals surface area contributed by atoms with Crippen LogP contribution in [0.4, 0.5) is 0 Å². The lowest BCUT2D eigenvalue weighted by atomic mass is 10.1. The van der Waals surface area contributed by atoms with Crippen LogP contribution in [0.3, 0.4) is 0 Å². The molecule has 1 heterocycles. The SMILES string of the molecule is Cc1ccc(-c2cc(C)nc(-c3cccc(C(=O)O)c3)n2)cc1. The van der Waals surface area contributed by atoms with Crippen LogP contribution in [0.5, 0.6) is 0 Å². The minimum Gasteiger partial charge on any atom is -0.478 e. The number of carbonyl (C=O) groups is 1. The van der Waals surface area contributed by atoms with E-state index in [-0.39, 0.29) is 5.56 Å². The molecule has 1 aromatic heterocycles. The first-order valence-electron chi connectivity index (χ1n) is 7.29. The van der Waals surface area contributed by atoms with Crippen molar-refractivity contribution >= 4 is 5.97 Å². The summed E-state index contributed by atoms with van der Waals surface area (Å²) in [6.45, 7) is 3.95. The molecular weight excluding hydrogens is 288 g/mol. The van der Waals surface area contributed by atoms with Crippen molar-refractivity contribution in [1.29, 1.82) is 0 Å². The summed E-state index contributed by atoms with van der Waals surface area (Å²) < 4.78 is 0. The van der Waals surface area contributed by atoms with Crippen LogP contribution in [0, 0.1) is 13.8 Å². The Morgan fingerprint density at radius 3 is 2.35 bits per heavy atom. The lowest BCUT2D eigenvalue weighted by Crippen LogP contribution is -1.99. The third-order valence-electron chi connectivity index (χ3n) is 3.57. The highest BCUT2D eigenvalue weighted by Crippen LogP contribution is 2.23. The molecule has 0 amide bonds. The highest BCUT2D eigenvalue weighted by atomic mass is 16.4. The van der Waals surface area contributed by atoms with Gasteiger partial charge in [-0.25, -0.2) is 14.8 Å². The van der Waals surface area contributed by atoms with Gasteiger partial charge in [0, 0.05) is 16.8 Å². The van der Waals surface area contributed by atoms with Gasteiger partial charge in [-0.2, -0.15) is 0 Å². The van der Waals surface area contributed by atoms with Crippen LogP contribution >= 0.6 is 0 Å². The van der Waals surface area contributed by atoms with Crippen molar-refractivity contribution in [2.75, 3.05) is 0 Å². The molecule has 4 heteroatoms. The molecule has 0 aliphatic heterocycles. The molecule has 0 bridgehead atoms. The molecule has 0 aliphatic carbocycles. The number of rotatable bonds is 3. The molecule has 114 valence electrons. The van der Waals surface area contributed by atoms with E-state index in [2.05, 4.69) is 9.97 Å². The molecule has 2 aromatic carbocycles. The van der Waals surface area contributed by atoms with Gasteiger partial charge in [0.2, 0.25) is 0 Å². The molecule has 0 atom stereocenters. The van der Waals surface area contributed by atoms with E-state index in [9.17, 15) is 4.79 Å². The topological polar surface area (TPSA) is 63.1 Å². The number of nitrogens with zero attached hydrogens (tertiary/aromatic N) is 2. The number of hydrogen-bond acceptors (Lipinski definition) is 3. The normalized spacial score (nSPS) is 10.5. The van der Waals surface area contributed by atoms with Crippen LogP contribution in [0.2, 0.25) is 0 Å². The number of carboxylic acids is 1. The molecule has 4 nitrogen and oxygen atoms in total. The van der Waals surface area contributed by atoms with Crippen LogP contribution in [0.25, 0.3) is 22.6 Å². The summed E-state index contributed by atoms with van der Waals surface area (Å²) in [6.07, 6.45) is 0. The monoisotopic (exact) mass is 304 g/mol. The first-order valence-corrected chi connectivity index (χ1v) is 7.29. The van der Waals surface area contributed by atoms with Gasteiger partial charge in [-0.3, -0.25) is 0 Å². The average molecular weight is 304 g/mol. The Balaban J connectivity index is 2.09. The standard InChI is InChI=1S/C19H16N2O2/c1-12-6-8-14(9-7-12)17-10-13(2)20-18(21-17)15-4-3-5-16(11-15)19(22)23/h3-11H,1-2H3,(H,22,23). The zero-order valence-corrected chi connectivity index (χ0v) is 12.9. The van der Waals surface area contributed by atoms with Crippen LogP contribution < -0.4 is 0 Å². The van der Waals surface area contributed by atoms with Gasteiger partial charge < -0.3 is 5.11 Å². The van der Waals surface area contributed by atoms with E-state index in [4.69, 9.17) is 5.11 Å². The third kappa shape index (κ3) is 3.26. The molecule has 0 radical (unpaired) electrons. The Hall–Kier alpha value is -3.01. The first-order chi connectivity index (χ1) is 11.0. The molecule has 3 rings (SSSR count). The summed E-state index contributed by atoms with van der Waals surface area (Å²) in [5, 5.41) is 9.13. The quantitative estimate of drug-likeness (QED) is 0.790. The van der Waals surface area contributed by atoms with Gasteiger partial charge in [-0.15, -0.1) is 0 Å². The van der Waals surface area contributed by atoms with Crippen molar-refractivity contribution in [2.45, 2.75) is 13.8 Å². The van der Waals surface area contributed by atoms with Crippen molar-refractivity contribution in [2.24, 2.45) is 0 Å². The summed E-state index contributed by atoms with van der Waals surface area (Å²) >= 11 is 0. The molecule has 0 fully saturated rings.